The monoisotopic (exact) mass is 421 g/mol. The number of aliphatic hydroxyl groups excluding tert-OH is 1. The number of rotatable bonds is 13. The number of piperidine rings is 1. The van der Waals surface area contributed by atoms with Crippen molar-refractivity contribution >= 4 is 5.97 Å². The Morgan fingerprint density at radius 3 is 2.73 bits per heavy atom. The third-order valence-corrected chi connectivity index (χ3v) is 7.23. The number of allylic oxidation sites excluding steroid dienone is 1. The highest BCUT2D eigenvalue weighted by atomic mass is 16.5. The second-order valence-electron chi connectivity index (χ2n) is 9.75. The van der Waals surface area contributed by atoms with E-state index in [9.17, 15) is 9.90 Å². The number of carbonyl (C=O) groups excluding carboxylic acids is 1. The molecule has 2 aliphatic rings. The second kappa shape index (κ2) is 14.2. The van der Waals surface area contributed by atoms with Gasteiger partial charge in [0, 0.05) is 18.2 Å². The van der Waals surface area contributed by atoms with E-state index < -0.39 is 0 Å². The predicted octanol–water partition coefficient (Wildman–Crippen LogP) is 5.92. The summed E-state index contributed by atoms with van der Waals surface area (Å²) in [5.74, 6) is 1.15. The van der Waals surface area contributed by atoms with Gasteiger partial charge in [0.05, 0.1) is 6.10 Å². The predicted molar refractivity (Wildman–Crippen MR) is 124 cm³/mol. The average Bonchev–Trinajstić information content (AvgIpc) is 2.72. The summed E-state index contributed by atoms with van der Waals surface area (Å²) < 4.78 is 5.87. The maximum absolute atomic E-state index is 12.3. The van der Waals surface area contributed by atoms with Crippen LogP contribution in [0.25, 0.3) is 0 Å². The summed E-state index contributed by atoms with van der Waals surface area (Å²) in [6.07, 6.45) is 19.3. The van der Waals surface area contributed by atoms with Crippen LogP contribution in [0.5, 0.6) is 0 Å². The molecule has 0 radical (unpaired) electrons. The van der Waals surface area contributed by atoms with Crippen LogP contribution >= 0.6 is 0 Å². The molecule has 4 nitrogen and oxygen atoms in total. The van der Waals surface area contributed by atoms with E-state index in [4.69, 9.17) is 4.74 Å². The van der Waals surface area contributed by atoms with Crippen molar-refractivity contribution in [1.29, 1.82) is 0 Å². The highest BCUT2D eigenvalue weighted by Crippen LogP contribution is 2.40. The number of fused-ring (bicyclic) bond motifs is 1. The normalized spacial score (nSPS) is 30.2. The summed E-state index contributed by atoms with van der Waals surface area (Å²) in [6, 6.07) is 0.801. The Morgan fingerprint density at radius 2 is 1.97 bits per heavy atom. The number of unbranched alkanes of at least 4 members (excludes halogenated alkanes) is 4. The molecule has 2 rings (SSSR count). The molecule has 6 atom stereocenters. The molecule has 2 N–H and O–H groups in total. The zero-order valence-electron chi connectivity index (χ0n) is 19.8. The number of nitrogens with one attached hydrogen (secondary N) is 1. The number of ether oxygens (including phenoxy) is 1. The minimum atomic E-state index is -0.180. The molecule has 0 bridgehead atoms. The topological polar surface area (TPSA) is 58.6 Å². The average molecular weight is 422 g/mol. The molecule has 0 aromatic carbocycles. The summed E-state index contributed by atoms with van der Waals surface area (Å²) in [5.41, 5.74) is 0. The fourth-order valence-electron chi connectivity index (χ4n) is 5.49. The largest absolute Gasteiger partial charge is 0.458 e. The van der Waals surface area contributed by atoms with Crippen LogP contribution < -0.4 is 5.32 Å². The zero-order chi connectivity index (χ0) is 21.8. The van der Waals surface area contributed by atoms with Crippen molar-refractivity contribution in [3.63, 3.8) is 0 Å². The molecule has 1 aliphatic heterocycles. The van der Waals surface area contributed by atoms with Crippen LogP contribution in [0.15, 0.2) is 12.2 Å². The molecule has 0 amide bonds. The van der Waals surface area contributed by atoms with Crippen molar-refractivity contribution in [3.05, 3.63) is 12.2 Å². The Morgan fingerprint density at radius 1 is 1.13 bits per heavy atom. The smallest absolute Gasteiger partial charge is 0.330 e. The lowest BCUT2D eigenvalue weighted by Gasteiger charge is -2.47. The van der Waals surface area contributed by atoms with Gasteiger partial charge in [0.15, 0.2) is 0 Å². The van der Waals surface area contributed by atoms with Gasteiger partial charge in [-0.2, -0.15) is 0 Å². The minimum absolute atomic E-state index is 0.0222. The Labute approximate surface area is 185 Å². The molecule has 0 spiro atoms. The van der Waals surface area contributed by atoms with Crippen LogP contribution in [0.2, 0.25) is 0 Å². The molecule has 5 unspecified atom stereocenters. The van der Waals surface area contributed by atoms with Crippen LogP contribution in [0.4, 0.5) is 0 Å². The van der Waals surface area contributed by atoms with E-state index in [0.717, 1.165) is 50.9 Å². The van der Waals surface area contributed by atoms with Crippen LogP contribution in [0.1, 0.15) is 111 Å². The summed E-state index contributed by atoms with van der Waals surface area (Å²) in [4.78, 5) is 12.3. The van der Waals surface area contributed by atoms with E-state index in [1.165, 1.54) is 44.9 Å². The first-order valence-corrected chi connectivity index (χ1v) is 12.9. The highest BCUT2D eigenvalue weighted by Gasteiger charge is 2.41. The maximum Gasteiger partial charge on any atom is 0.330 e. The minimum Gasteiger partial charge on any atom is -0.458 e. The SMILES string of the molecule is CCCCC/C=C/C(=O)OC1CC2C(CCCCC(O)CCC)CCCC2N[C@@H]1C. The van der Waals surface area contributed by atoms with E-state index in [-0.39, 0.29) is 24.2 Å². The fourth-order valence-corrected chi connectivity index (χ4v) is 5.49. The number of carbonyl (C=O) groups is 1. The third-order valence-electron chi connectivity index (χ3n) is 7.23. The Hall–Kier alpha value is -0.870. The summed E-state index contributed by atoms with van der Waals surface area (Å²) in [6.45, 7) is 6.49. The molecule has 1 saturated heterocycles. The van der Waals surface area contributed by atoms with Crippen molar-refractivity contribution in [1.82, 2.24) is 5.32 Å². The molecular weight excluding hydrogens is 374 g/mol. The van der Waals surface area contributed by atoms with Crippen molar-refractivity contribution in [2.75, 3.05) is 0 Å². The fraction of sp³-hybridized carbons (Fsp3) is 0.885. The van der Waals surface area contributed by atoms with Crippen LogP contribution in [-0.2, 0) is 9.53 Å². The van der Waals surface area contributed by atoms with Gasteiger partial charge in [-0.3, -0.25) is 0 Å². The molecule has 1 saturated carbocycles. The number of esters is 1. The molecule has 4 heteroatoms. The van der Waals surface area contributed by atoms with Crippen LogP contribution in [0.3, 0.4) is 0 Å². The first kappa shape index (κ1) is 25.4. The number of hydrogen-bond acceptors (Lipinski definition) is 4. The van der Waals surface area contributed by atoms with Gasteiger partial charge in [-0.25, -0.2) is 4.79 Å². The van der Waals surface area contributed by atoms with Crippen LogP contribution in [-0.4, -0.2) is 35.4 Å². The molecule has 30 heavy (non-hydrogen) atoms. The van der Waals surface area contributed by atoms with E-state index in [0.29, 0.717) is 12.0 Å². The number of aliphatic hydroxyl groups is 1. The number of hydrogen-bond donors (Lipinski definition) is 2. The molecule has 0 aromatic rings. The first-order chi connectivity index (χ1) is 14.5. The van der Waals surface area contributed by atoms with Gasteiger partial charge >= 0.3 is 5.97 Å². The van der Waals surface area contributed by atoms with E-state index in [1.807, 2.05) is 6.08 Å². The Bertz CT molecular complexity index is 507. The van der Waals surface area contributed by atoms with Crippen molar-refractivity contribution in [2.24, 2.45) is 11.8 Å². The molecule has 1 heterocycles. The lowest BCUT2D eigenvalue weighted by atomic mass is 9.68. The first-order valence-electron chi connectivity index (χ1n) is 12.9. The Balaban J connectivity index is 1.79. The van der Waals surface area contributed by atoms with E-state index >= 15 is 0 Å². The molecular formula is C26H47NO3. The molecule has 2 fully saturated rings. The van der Waals surface area contributed by atoms with Crippen molar-refractivity contribution < 1.29 is 14.6 Å². The highest BCUT2D eigenvalue weighted by molar-refractivity contribution is 5.82. The second-order valence-corrected chi connectivity index (χ2v) is 9.75. The van der Waals surface area contributed by atoms with Gasteiger partial charge in [0.25, 0.3) is 0 Å². The molecule has 0 aromatic heterocycles. The van der Waals surface area contributed by atoms with Gasteiger partial charge in [0.1, 0.15) is 6.10 Å². The zero-order valence-corrected chi connectivity index (χ0v) is 19.8. The van der Waals surface area contributed by atoms with E-state index in [1.54, 1.807) is 6.08 Å². The summed E-state index contributed by atoms with van der Waals surface area (Å²) >= 11 is 0. The maximum atomic E-state index is 12.3. The quantitative estimate of drug-likeness (QED) is 0.220. The Kier molecular flexibility index (Phi) is 12.1. The summed E-state index contributed by atoms with van der Waals surface area (Å²) in [7, 11) is 0. The van der Waals surface area contributed by atoms with Gasteiger partial charge in [-0.15, -0.1) is 0 Å². The molecule has 1 aliphatic carbocycles. The lowest BCUT2D eigenvalue weighted by Crippen LogP contribution is -2.57. The van der Waals surface area contributed by atoms with Gasteiger partial charge in [-0.1, -0.05) is 71.3 Å². The van der Waals surface area contributed by atoms with Crippen molar-refractivity contribution in [2.45, 2.75) is 135 Å². The standard InChI is InChI=1S/C26H47NO3/c1-4-6-7-8-9-18-26(29)30-25-19-23-21(14-10-11-16-22(28)13-5-2)15-12-17-24(23)27-20(25)3/h9,18,20-25,27-28H,4-8,10-17,19H2,1-3H3/b18-9+/t20-,21?,22?,23?,24?,25?/m1/s1. The molecule has 174 valence electrons. The van der Waals surface area contributed by atoms with Gasteiger partial charge in [-0.05, 0) is 57.3 Å². The van der Waals surface area contributed by atoms with Gasteiger partial charge in [0.2, 0.25) is 0 Å². The van der Waals surface area contributed by atoms with Crippen molar-refractivity contribution in [3.8, 4) is 0 Å². The van der Waals surface area contributed by atoms with E-state index in [2.05, 4.69) is 26.1 Å². The van der Waals surface area contributed by atoms with Crippen LogP contribution in [0, 0.1) is 11.8 Å². The lowest BCUT2D eigenvalue weighted by molar-refractivity contribution is -0.148. The third kappa shape index (κ3) is 8.70. The van der Waals surface area contributed by atoms with Gasteiger partial charge < -0.3 is 15.2 Å². The summed E-state index contributed by atoms with van der Waals surface area (Å²) in [5, 5.41) is 13.7.